The summed E-state index contributed by atoms with van der Waals surface area (Å²) in [5, 5.41) is 18.7. The van der Waals surface area contributed by atoms with Crippen molar-refractivity contribution in [1.82, 2.24) is 4.98 Å². The number of aliphatic carboxylic acids is 1. The minimum Gasteiger partial charge on any atom is -0.481 e. The molecule has 2 aromatic rings. The highest BCUT2D eigenvalue weighted by Crippen LogP contribution is 2.37. The number of rotatable bonds is 4. The second-order valence-electron chi connectivity index (χ2n) is 3.82. The van der Waals surface area contributed by atoms with Crippen LogP contribution in [0.2, 0.25) is 0 Å². The number of carboxylic acids is 2. The van der Waals surface area contributed by atoms with Gasteiger partial charge in [-0.3, -0.25) is 0 Å². The number of hydrogen-bond acceptors (Lipinski definition) is 5. The fourth-order valence-electron chi connectivity index (χ4n) is 1.55. The number of alkyl halides is 3. The Morgan fingerprint density at radius 2 is 2.00 bits per heavy atom. The zero-order chi connectivity index (χ0) is 15.8. The van der Waals surface area contributed by atoms with Crippen molar-refractivity contribution in [2.24, 2.45) is 0 Å². The molecule has 0 saturated carbocycles. The lowest BCUT2D eigenvalue weighted by Gasteiger charge is -2.10. The molecule has 10 heteroatoms. The van der Waals surface area contributed by atoms with E-state index in [0.717, 1.165) is 0 Å². The summed E-state index contributed by atoms with van der Waals surface area (Å²) in [6.45, 7) is -0.853. The van der Waals surface area contributed by atoms with Crippen molar-refractivity contribution in [3.63, 3.8) is 0 Å². The highest BCUT2D eigenvalue weighted by Gasteiger charge is 2.34. The molecule has 0 aliphatic rings. The molecular weight excluding hydrogens is 315 g/mol. The van der Waals surface area contributed by atoms with Gasteiger partial charge in [-0.2, -0.15) is 13.2 Å². The Labute approximate surface area is 118 Å². The van der Waals surface area contributed by atoms with Crippen LogP contribution in [0.5, 0.6) is 5.75 Å². The van der Waals surface area contributed by atoms with Crippen LogP contribution in [0.15, 0.2) is 11.4 Å². The number of carbonyl (C=O) groups is 2. The van der Waals surface area contributed by atoms with Gasteiger partial charge in [0.1, 0.15) is 21.8 Å². The first-order valence-electron chi connectivity index (χ1n) is 5.27. The molecule has 2 aromatic heterocycles. The normalized spacial score (nSPS) is 11.6. The first-order chi connectivity index (χ1) is 9.70. The van der Waals surface area contributed by atoms with Gasteiger partial charge < -0.3 is 14.9 Å². The smallest absolute Gasteiger partial charge is 0.433 e. The topological polar surface area (TPSA) is 96.7 Å². The minimum absolute atomic E-state index is 0.0200. The van der Waals surface area contributed by atoms with Crippen LogP contribution in [0.3, 0.4) is 0 Å². The van der Waals surface area contributed by atoms with E-state index in [0.29, 0.717) is 17.4 Å². The van der Waals surface area contributed by atoms with E-state index in [1.165, 1.54) is 5.38 Å². The molecule has 0 atom stereocenters. The molecule has 0 saturated heterocycles. The Balaban J connectivity index is 2.64. The van der Waals surface area contributed by atoms with E-state index in [9.17, 15) is 22.8 Å². The third-order valence-corrected chi connectivity index (χ3v) is 3.32. The van der Waals surface area contributed by atoms with Gasteiger partial charge in [-0.15, -0.1) is 11.3 Å². The molecule has 0 fully saturated rings. The lowest BCUT2D eigenvalue weighted by molar-refractivity contribution is -0.141. The molecule has 0 amide bonds. The summed E-state index contributed by atoms with van der Waals surface area (Å²) in [6, 6.07) is 0.545. The van der Waals surface area contributed by atoms with Crippen LogP contribution in [0, 0.1) is 0 Å². The van der Waals surface area contributed by atoms with Crippen LogP contribution in [0.4, 0.5) is 13.2 Å². The summed E-state index contributed by atoms with van der Waals surface area (Å²) >= 11 is 0.682. The third-order valence-electron chi connectivity index (χ3n) is 2.37. The van der Waals surface area contributed by atoms with Gasteiger partial charge in [0.15, 0.2) is 6.61 Å². The highest BCUT2D eigenvalue weighted by atomic mass is 32.1. The Kier molecular flexibility index (Phi) is 3.73. The summed E-state index contributed by atoms with van der Waals surface area (Å²) in [7, 11) is 0. The van der Waals surface area contributed by atoms with Gasteiger partial charge in [0.25, 0.3) is 0 Å². The predicted molar refractivity (Wildman–Crippen MR) is 64.7 cm³/mol. The fraction of sp³-hybridized carbons (Fsp3) is 0.182. The van der Waals surface area contributed by atoms with E-state index in [-0.39, 0.29) is 21.5 Å². The lowest BCUT2D eigenvalue weighted by atomic mass is 10.2. The molecule has 6 nitrogen and oxygen atoms in total. The average Bonchev–Trinajstić information content (AvgIpc) is 2.78. The zero-order valence-corrected chi connectivity index (χ0v) is 10.8. The van der Waals surface area contributed by atoms with Gasteiger partial charge in [0.05, 0.1) is 5.39 Å². The molecule has 2 N–H and O–H groups in total. The van der Waals surface area contributed by atoms with E-state index in [2.05, 4.69) is 4.98 Å². The van der Waals surface area contributed by atoms with E-state index in [4.69, 9.17) is 14.9 Å². The fourth-order valence-corrected chi connectivity index (χ4v) is 2.38. The maximum atomic E-state index is 12.8. The molecule has 0 aromatic carbocycles. The second kappa shape index (κ2) is 5.20. The monoisotopic (exact) mass is 321 g/mol. The van der Waals surface area contributed by atoms with Crippen molar-refractivity contribution in [2.45, 2.75) is 6.18 Å². The molecule has 0 aliphatic carbocycles. The first kappa shape index (κ1) is 15.0. The molecule has 0 bridgehead atoms. The van der Waals surface area contributed by atoms with Gasteiger partial charge in [-0.1, -0.05) is 0 Å². The van der Waals surface area contributed by atoms with E-state index >= 15 is 0 Å². The van der Waals surface area contributed by atoms with Crippen LogP contribution in [0.1, 0.15) is 15.4 Å². The van der Waals surface area contributed by atoms with Crippen molar-refractivity contribution in [1.29, 1.82) is 0 Å². The average molecular weight is 321 g/mol. The van der Waals surface area contributed by atoms with Crippen LogP contribution < -0.4 is 4.74 Å². The number of hydrogen-bond donors (Lipinski definition) is 2. The van der Waals surface area contributed by atoms with Gasteiger partial charge in [-0.25, -0.2) is 14.6 Å². The number of carboxylic acid groups (broad SMARTS) is 2. The molecule has 0 radical (unpaired) electrons. The van der Waals surface area contributed by atoms with Crippen LogP contribution in [-0.4, -0.2) is 33.7 Å². The van der Waals surface area contributed by atoms with E-state index in [1.54, 1.807) is 0 Å². The largest absolute Gasteiger partial charge is 0.481 e. The number of aromatic nitrogens is 1. The number of ether oxygens (including phenoxy) is 1. The summed E-state index contributed by atoms with van der Waals surface area (Å²) in [5.41, 5.74) is -1.74. The Bertz CT molecular complexity index is 724. The Morgan fingerprint density at radius 1 is 1.33 bits per heavy atom. The number of aromatic carboxylic acids is 1. The number of nitrogens with zero attached hydrogens (tertiary/aromatic N) is 1. The van der Waals surface area contributed by atoms with Gasteiger partial charge in [-0.05, 0) is 0 Å². The standard InChI is InChI=1S/C11H6F3NO5S/c12-11(13,14)6-1-5(20-2-7(16)17)4-3-21-9(10(18)19)8(4)15-6/h1,3H,2H2,(H,16,17)(H,18,19). The maximum Gasteiger partial charge on any atom is 0.433 e. The van der Waals surface area contributed by atoms with Crippen molar-refractivity contribution in [3.8, 4) is 5.75 Å². The summed E-state index contributed by atoms with van der Waals surface area (Å²) in [4.78, 5) is 24.3. The maximum absolute atomic E-state index is 12.8. The number of pyridine rings is 1. The van der Waals surface area contributed by atoms with Crippen LogP contribution >= 0.6 is 11.3 Å². The summed E-state index contributed by atoms with van der Waals surface area (Å²) in [5.74, 6) is -3.17. The minimum atomic E-state index is -4.81. The van der Waals surface area contributed by atoms with Gasteiger partial charge in [0, 0.05) is 11.4 Å². The highest BCUT2D eigenvalue weighted by molar-refractivity contribution is 7.13. The van der Waals surface area contributed by atoms with Crippen molar-refractivity contribution >= 4 is 34.2 Å². The number of thiophene rings is 1. The molecule has 0 aliphatic heterocycles. The molecule has 2 rings (SSSR count). The van der Waals surface area contributed by atoms with Crippen LogP contribution in [-0.2, 0) is 11.0 Å². The summed E-state index contributed by atoms with van der Waals surface area (Å²) < 4.78 is 43.0. The van der Waals surface area contributed by atoms with E-state index < -0.39 is 30.4 Å². The van der Waals surface area contributed by atoms with Gasteiger partial charge in [0.2, 0.25) is 0 Å². The lowest BCUT2D eigenvalue weighted by Crippen LogP contribution is -2.12. The van der Waals surface area contributed by atoms with Crippen LogP contribution in [0.25, 0.3) is 10.9 Å². The quantitative estimate of drug-likeness (QED) is 0.898. The third kappa shape index (κ3) is 3.05. The molecule has 112 valence electrons. The van der Waals surface area contributed by atoms with Crippen molar-refractivity contribution < 1.29 is 37.7 Å². The summed E-state index contributed by atoms with van der Waals surface area (Å²) in [6.07, 6.45) is -4.81. The molecular formula is C11H6F3NO5S. The van der Waals surface area contributed by atoms with Crippen molar-refractivity contribution in [2.75, 3.05) is 6.61 Å². The van der Waals surface area contributed by atoms with E-state index in [1.807, 2.05) is 0 Å². The number of fused-ring (bicyclic) bond motifs is 1. The second-order valence-corrected chi connectivity index (χ2v) is 4.70. The Morgan fingerprint density at radius 3 is 2.52 bits per heavy atom. The molecule has 21 heavy (non-hydrogen) atoms. The molecule has 0 unspecified atom stereocenters. The van der Waals surface area contributed by atoms with Crippen molar-refractivity contribution in [3.05, 3.63) is 22.0 Å². The van der Waals surface area contributed by atoms with Gasteiger partial charge >= 0.3 is 18.1 Å². The predicted octanol–water partition coefficient (Wildman–Crippen LogP) is 2.48. The SMILES string of the molecule is O=C(O)COc1cc(C(F)(F)F)nc2c(C(=O)O)scc12. The molecule has 2 heterocycles. The first-order valence-corrected chi connectivity index (χ1v) is 6.15. The molecule has 0 spiro atoms. The number of halogens is 3. The Hall–Kier alpha value is -2.36. The zero-order valence-electron chi connectivity index (χ0n) is 9.97.